The van der Waals surface area contributed by atoms with Gasteiger partial charge in [-0.1, -0.05) is 30.3 Å². The smallest absolute Gasteiger partial charge is 0.258 e. The highest BCUT2D eigenvalue weighted by Crippen LogP contribution is 2.33. The van der Waals surface area contributed by atoms with E-state index < -0.39 is 4.92 Å². The van der Waals surface area contributed by atoms with Gasteiger partial charge in [0.2, 0.25) is 0 Å². The minimum Gasteiger partial charge on any atom is -0.258 e. The number of nitrogens with zero attached hydrogens (tertiary/aromatic N) is 2. The zero-order valence-corrected chi connectivity index (χ0v) is 12.1. The van der Waals surface area contributed by atoms with Crippen molar-refractivity contribution in [1.29, 1.82) is 0 Å². The number of nitro groups is 1. The Balaban J connectivity index is 1.99. The first-order chi connectivity index (χ1) is 10.1. The number of hydrogen-bond donors (Lipinski definition) is 0. The number of nitro benzene ring substituents is 1. The Morgan fingerprint density at radius 2 is 1.67 bits per heavy atom. The van der Waals surface area contributed by atoms with Gasteiger partial charge in [0.05, 0.1) is 10.6 Å². The second-order valence-electron chi connectivity index (χ2n) is 4.59. The fourth-order valence-corrected chi connectivity index (χ4v) is 3.05. The van der Waals surface area contributed by atoms with Crippen LogP contribution in [0.4, 0.5) is 5.69 Å². The molecule has 0 aliphatic heterocycles. The molecule has 1 heterocycles. The fourth-order valence-electron chi connectivity index (χ4n) is 2.11. The first-order valence-corrected chi connectivity index (χ1v) is 7.24. The minimum absolute atomic E-state index is 0.0929. The van der Waals surface area contributed by atoms with E-state index in [2.05, 4.69) is 4.98 Å². The summed E-state index contributed by atoms with van der Waals surface area (Å²) in [5, 5.41) is 11.6. The van der Waals surface area contributed by atoms with E-state index in [0.29, 0.717) is 0 Å². The maximum absolute atomic E-state index is 10.7. The Labute approximate surface area is 125 Å². The summed E-state index contributed by atoms with van der Waals surface area (Å²) in [7, 11) is 0. The molecule has 5 heteroatoms. The van der Waals surface area contributed by atoms with E-state index in [1.54, 1.807) is 23.5 Å². The van der Waals surface area contributed by atoms with Crippen molar-refractivity contribution < 1.29 is 4.92 Å². The van der Waals surface area contributed by atoms with Crippen molar-refractivity contribution in [3.8, 4) is 21.8 Å². The third-order valence-electron chi connectivity index (χ3n) is 3.17. The molecule has 0 spiro atoms. The normalized spacial score (nSPS) is 10.5. The van der Waals surface area contributed by atoms with Crippen molar-refractivity contribution in [1.82, 2.24) is 4.98 Å². The Morgan fingerprint density at radius 1 is 1.00 bits per heavy atom. The van der Waals surface area contributed by atoms with Crippen LogP contribution in [-0.4, -0.2) is 9.91 Å². The maximum atomic E-state index is 10.7. The summed E-state index contributed by atoms with van der Waals surface area (Å²) in [6.07, 6.45) is 0. The van der Waals surface area contributed by atoms with Gasteiger partial charge in [-0.25, -0.2) is 4.98 Å². The van der Waals surface area contributed by atoms with Gasteiger partial charge in [-0.15, -0.1) is 11.3 Å². The monoisotopic (exact) mass is 296 g/mol. The molecule has 3 rings (SSSR count). The number of aryl methyl sites for hydroxylation is 1. The summed E-state index contributed by atoms with van der Waals surface area (Å²) in [5.41, 5.74) is 3.04. The van der Waals surface area contributed by atoms with Gasteiger partial charge in [-0.05, 0) is 19.1 Å². The summed E-state index contributed by atoms with van der Waals surface area (Å²) in [6.45, 7) is 2.04. The first kappa shape index (κ1) is 13.5. The number of thiazole rings is 1. The Morgan fingerprint density at radius 3 is 2.29 bits per heavy atom. The molecule has 2 aromatic carbocycles. The molecule has 0 saturated carbocycles. The molecule has 21 heavy (non-hydrogen) atoms. The molecule has 4 nitrogen and oxygen atoms in total. The van der Waals surface area contributed by atoms with E-state index in [1.165, 1.54) is 12.1 Å². The van der Waals surface area contributed by atoms with Gasteiger partial charge in [0.15, 0.2) is 0 Å². The summed E-state index contributed by atoms with van der Waals surface area (Å²) >= 11 is 1.60. The summed E-state index contributed by atoms with van der Waals surface area (Å²) in [6, 6.07) is 16.5. The molecule has 104 valence electrons. The molecule has 1 aromatic heterocycles. The van der Waals surface area contributed by atoms with Crippen molar-refractivity contribution in [3.05, 3.63) is 69.6 Å². The third-order valence-corrected chi connectivity index (χ3v) is 4.19. The van der Waals surface area contributed by atoms with E-state index >= 15 is 0 Å². The lowest BCUT2D eigenvalue weighted by atomic mass is 10.1. The Bertz CT molecular complexity index is 780. The highest BCUT2D eigenvalue weighted by molar-refractivity contribution is 7.15. The predicted molar refractivity (Wildman–Crippen MR) is 84.4 cm³/mol. The zero-order chi connectivity index (χ0) is 14.8. The van der Waals surface area contributed by atoms with Gasteiger partial charge in [-0.2, -0.15) is 0 Å². The van der Waals surface area contributed by atoms with Crippen LogP contribution in [0.3, 0.4) is 0 Å². The van der Waals surface area contributed by atoms with E-state index in [4.69, 9.17) is 0 Å². The number of benzene rings is 2. The molecule has 0 amide bonds. The average molecular weight is 296 g/mol. The predicted octanol–water partition coefficient (Wildman–Crippen LogP) is 4.69. The molecule has 0 radical (unpaired) electrons. The second-order valence-corrected chi connectivity index (χ2v) is 5.80. The van der Waals surface area contributed by atoms with Crippen molar-refractivity contribution >= 4 is 17.0 Å². The largest absolute Gasteiger partial charge is 0.269 e. The standard InChI is InChI=1S/C16H12N2O2S/c1-11-15(12-5-3-2-4-6-12)17-16(21-11)13-7-9-14(10-8-13)18(19)20/h2-10H,1H3. The summed E-state index contributed by atoms with van der Waals surface area (Å²) < 4.78 is 0. The molecule has 3 aromatic rings. The SMILES string of the molecule is Cc1sc(-c2ccc([N+](=O)[O-])cc2)nc1-c1ccccc1. The van der Waals surface area contributed by atoms with Gasteiger partial charge in [0.25, 0.3) is 5.69 Å². The zero-order valence-electron chi connectivity index (χ0n) is 11.3. The third kappa shape index (κ3) is 2.68. The molecule has 0 aliphatic rings. The Kier molecular flexibility index (Phi) is 3.50. The number of hydrogen-bond acceptors (Lipinski definition) is 4. The van der Waals surface area contributed by atoms with Crippen LogP contribution in [0.25, 0.3) is 21.8 Å². The van der Waals surface area contributed by atoms with E-state index in [0.717, 1.165) is 26.7 Å². The molecule has 0 aliphatic carbocycles. The van der Waals surface area contributed by atoms with Crippen LogP contribution in [0.1, 0.15) is 4.88 Å². The molecule has 0 atom stereocenters. The summed E-state index contributed by atoms with van der Waals surface area (Å²) in [5.74, 6) is 0. The maximum Gasteiger partial charge on any atom is 0.269 e. The lowest BCUT2D eigenvalue weighted by Gasteiger charge is -1.97. The lowest BCUT2D eigenvalue weighted by Crippen LogP contribution is -1.87. The molecular formula is C16H12N2O2S. The molecule has 0 fully saturated rings. The van der Waals surface area contributed by atoms with Crippen molar-refractivity contribution in [3.63, 3.8) is 0 Å². The van der Waals surface area contributed by atoms with Gasteiger partial charge in [0, 0.05) is 28.1 Å². The molecule has 0 unspecified atom stereocenters. The van der Waals surface area contributed by atoms with Gasteiger partial charge < -0.3 is 0 Å². The molecule has 0 N–H and O–H groups in total. The van der Waals surface area contributed by atoms with Crippen LogP contribution in [-0.2, 0) is 0 Å². The number of non-ortho nitro benzene ring substituents is 1. The van der Waals surface area contributed by atoms with E-state index in [1.807, 2.05) is 37.3 Å². The van der Waals surface area contributed by atoms with Crippen LogP contribution >= 0.6 is 11.3 Å². The van der Waals surface area contributed by atoms with Crippen LogP contribution in [0.5, 0.6) is 0 Å². The second kappa shape index (κ2) is 5.46. The van der Waals surface area contributed by atoms with Crippen molar-refractivity contribution in [2.24, 2.45) is 0 Å². The quantitative estimate of drug-likeness (QED) is 0.520. The van der Waals surface area contributed by atoms with Gasteiger partial charge in [0.1, 0.15) is 5.01 Å². The molecule has 0 bridgehead atoms. The average Bonchev–Trinajstić information content (AvgIpc) is 2.90. The summed E-state index contributed by atoms with van der Waals surface area (Å²) in [4.78, 5) is 16.1. The van der Waals surface area contributed by atoms with Gasteiger partial charge in [-0.3, -0.25) is 10.1 Å². The lowest BCUT2D eigenvalue weighted by molar-refractivity contribution is -0.384. The van der Waals surface area contributed by atoms with Crippen molar-refractivity contribution in [2.45, 2.75) is 6.92 Å². The highest BCUT2D eigenvalue weighted by atomic mass is 32.1. The van der Waals surface area contributed by atoms with E-state index in [9.17, 15) is 10.1 Å². The number of aromatic nitrogens is 1. The van der Waals surface area contributed by atoms with Crippen LogP contribution in [0.15, 0.2) is 54.6 Å². The fraction of sp³-hybridized carbons (Fsp3) is 0.0625. The first-order valence-electron chi connectivity index (χ1n) is 6.43. The van der Waals surface area contributed by atoms with Crippen LogP contribution in [0, 0.1) is 17.0 Å². The van der Waals surface area contributed by atoms with E-state index in [-0.39, 0.29) is 5.69 Å². The highest BCUT2D eigenvalue weighted by Gasteiger charge is 2.12. The minimum atomic E-state index is -0.397. The van der Waals surface area contributed by atoms with Crippen molar-refractivity contribution in [2.75, 3.05) is 0 Å². The van der Waals surface area contributed by atoms with Gasteiger partial charge >= 0.3 is 0 Å². The topological polar surface area (TPSA) is 56.0 Å². The van der Waals surface area contributed by atoms with Crippen LogP contribution in [0.2, 0.25) is 0 Å². The Hall–Kier alpha value is -2.53. The van der Waals surface area contributed by atoms with Crippen LogP contribution < -0.4 is 0 Å². The molecule has 0 saturated heterocycles. The molecular weight excluding hydrogens is 284 g/mol. The number of rotatable bonds is 3.